The van der Waals surface area contributed by atoms with Crippen molar-refractivity contribution >= 4 is 17.8 Å². The highest BCUT2D eigenvalue weighted by Crippen LogP contribution is 2.26. The molecule has 0 bridgehead atoms. The van der Waals surface area contributed by atoms with Crippen molar-refractivity contribution in [2.24, 2.45) is 0 Å². The van der Waals surface area contributed by atoms with Crippen molar-refractivity contribution in [3.8, 4) is 0 Å². The van der Waals surface area contributed by atoms with Crippen molar-refractivity contribution in [2.75, 3.05) is 11.9 Å². The van der Waals surface area contributed by atoms with Crippen LogP contribution in [0, 0.1) is 0 Å². The maximum absolute atomic E-state index is 11.9. The number of nitrogens with zero attached hydrogens (tertiary/aromatic N) is 2. The van der Waals surface area contributed by atoms with Crippen LogP contribution in [0.5, 0.6) is 0 Å². The highest BCUT2D eigenvalue weighted by Gasteiger charge is 2.29. The molecule has 128 valence electrons. The standard InChI is InChI=1S/C15H26N6O2/c1-6-16-14(23)18-11-8-10(15(3,4)5)20-21(11)13-17-9(2)7-12(22)19-13/h8-9,13,17H,6-7H2,1-5H3,(H,19,22)(H2,16,18,23). The molecule has 1 aromatic heterocycles. The Morgan fingerprint density at radius 3 is 2.74 bits per heavy atom. The summed E-state index contributed by atoms with van der Waals surface area (Å²) >= 11 is 0. The summed E-state index contributed by atoms with van der Waals surface area (Å²) in [5.74, 6) is 0.491. The van der Waals surface area contributed by atoms with Crippen molar-refractivity contribution in [1.82, 2.24) is 25.7 Å². The van der Waals surface area contributed by atoms with Crippen LogP contribution in [-0.2, 0) is 10.2 Å². The van der Waals surface area contributed by atoms with Crippen molar-refractivity contribution in [3.05, 3.63) is 11.8 Å². The Balaban J connectivity index is 2.33. The van der Waals surface area contributed by atoms with Gasteiger partial charge in [-0.05, 0) is 13.8 Å². The number of carbonyl (C=O) groups excluding carboxylic acids is 2. The summed E-state index contributed by atoms with van der Waals surface area (Å²) in [4.78, 5) is 23.7. The van der Waals surface area contributed by atoms with Gasteiger partial charge in [-0.1, -0.05) is 20.8 Å². The van der Waals surface area contributed by atoms with Crippen LogP contribution < -0.4 is 21.3 Å². The second kappa shape index (κ2) is 6.57. The summed E-state index contributed by atoms with van der Waals surface area (Å²) in [6.45, 7) is 10.5. The lowest BCUT2D eigenvalue weighted by Crippen LogP contribution is -2.52. The van der Waals surface area contributed by atoms with Gasteiger partial charge in [0.05, 0.1) is 5.69 Å². The van der Waals surface area contributed by atoms with Gasteiger partial charge in [-0.2, -0.15) is 5.10 Å². The molecular weight excluding hydrogens is 296 g/mol. The van der Waals surface area contributed by atoms with E-state index in [4.69, 9.17) is 0 Å². The molecule has 1 saturated heterocycles. The SMILES string of the molecule is CCNC(=O)Nc1cc(C(C)(C)C)nn1C1NC(=O)CC(C)N1. The van der Waals surface area contributed by atoms with Crippen LogP contribution in [-0.4, -0.2) is 34.3 Å². The number of carbonyl (C=O) groups is 2. The van der Waals surface area contributed by atoms with E-state index in [9.17, 15) is 9.59 Å². The van der Waals surface area contributed by atoms with Crippen LogP contribution in [0.4, 0.5) is 10.6 Å². The number of anilines is 1. The molecule has 2 rings (SSSR count). The molecule has 2 atom stereocenters. The molecular formula is C15H26N6O2. The molecule has 3 amide bonds. The summed E-state index contributed by atoms with van der Waals surface area (Å²) in [5.41, 5.74) is 0.659. The number of nitrogens with one attached hydrogen (secondary N) is 4. The Labute approximate surface area is 136 Å². The summed E-state index contributed by atoms with van der Waals surface area (Å²) < 4.78 is 1.61. The molecule has 2 heterocycles. The first-order valence-corrected chi connectivity index (χ1v) is 7.91. The van der Waals surface area contributed by atoms with E-state index in [1.807, 2.05) is 40.7 Å². The second-order valence-electron chi connectivity index (χ2n) is 6.84. The fraction of sp³-hybridized carbons (Fsp3) is 0.667. The van der Waals surface area contributed by atoms with E-state index in [0.29, 0.717) is 18.8 Å². The van der Waals surface area contributed by atoms with Crippen LogP contribution in [0.15, 0.2) is 6.07 Å². The Morgan fingerprint density at radius 2 is 2.17 bits per heavy atom. The highest BCUT2D eigenvalue weighted by atomic mass is 16.2. The first-order chi connectivity index (χ1) is 10.7. The van der Waals surface area contributed by atoms with E-state index in [-0.39, 0.29) is 23.4 Å². The Morgan fingerprint density at radius 1 is 1.48 bits per heavy atom. The van der Waals surface area contributed by atoms with Gasteiger partial charge >= 0.3 is 6.03 Å². The largest absolute Gasteiger partial charge is 0.338 e. The number of aromatic nitrogens is 2. The molecule has 8 nitrogen and oxygen atoms in total. The normalized spacial score (nSPS) is 21.7. The number of hydrogen-bond donors (Lipinski definition) is 4. The van der Waals surface area contributed by atoms with Gasteiger partial charge in [-0.25, -0.2) is 9.48 Å². The first kappa shape index (κ1) is 17.3. The fourth-order valence-electron chi connectivity index (χ4n) is 2.36. The van der Waals surface area contributed by atoms with Crippen molar-refractivity contribution in [1.29, 1.82) is 0 Å². The van der Waals surface area contributed by atoms with Crippen LogP contribution in [0.3, 0.4) is 0 Å². The zero-order valence-corrected chi connectivity index (χ0v) is 14.4. The lowest BCUT2D eigenvalue weighted by Gasteiger charge is -2.30. The average Bonchev–Trinajstić information content (AvgIpc) is 2.81. The minimum Gasteiger partial charge on any atom is -0.338 e. The predicted molar refractivity (Wildman–Crippen MR) is 88.0 cm³/mol. The van der Waals surface area contributed by atoms with Crippen LogP contribution in [0.1, 0.15) is 53.0 Å². The zero-order chi connectivity index (χ0) is 17.2. The van der Waals surface area contributed by atoms with Gasteiger partial charge < -0.3 is 10.6 Å². The maximum Gasteiger partial charge on any atom is 0.320 e. The number of rotatable bonds is 3. The van der Waals surface area contributed by atoms with Crippen molar-refractivity contribution < 1.29 is 9.59 Å². The molecule has 1 aliphatic heterocycles. The van der Waals surface area contributed by atoms with E-state index < -0.39 is 6.29 Å². The van der Waals surface area contributed by atoms with Gasteiger partial charge in [-0.15, -0.1) is 0 Å². The minimum atomic E-state index is -0.487. The van der Waals surface area contributed by atoms with E-state index in [2.05, 4.69) is 26.4 Å². The molecule has 23 heavy (non-hydrogen) atoms. The Kier molecular flexibility index (Phi) is 4.93. The van der Waals surface area contributed by atoms with Crippen LogP contribution in [0.2, 0.25) is 0 Å². The predicted octanol–water partition coefficient (Wildman–Crippen LogP) is 1.28. The quantitative estimate of drug-likeness (QED) is 0.673. The third kappa shape index (κ3) is 4.22. The summed E-state index contributed by atoms with van der Waals surface area (Å²) in [7, 11) is 0. The van der Waals surface area contributed by atoms with Crippen molar-refractivity contribution in [2.45, 2.75) is 58.8 Å². The maximum atomic E-state index is 11.9. The minimum absolute atomic E-state index is 0.0355. The molecule has 1 aliphatic rings. The van der Waals surface area contributed by atoms with Crippen LogP contribution in [0.25, 0.3) is 0 Å². The topological polar surface area (TPSA) is 100 Å². The van der Waals surface area contributed by atoms with Crippen LogP contribution >= 0.6 is 0 Å². The average molecular weight is 322 g/mol. The molecule has 0 radical (unpaired) electrons. The van der Waals surface area contributed by atoms with E-state index in [0.717, 1.165) is 5.69 Å². The van der Waals surface area contributed by atoms with Gasteiger partial charge in [0.2, 0.25) is 5.91 Å². The molecule has 2 unspecified atom stereocenters. The molecule has 1 aromatic rings. The highest BCUT2D eigenvalue weighted by molar-refractivity contribution is 5.88. The Hall–Kier alpha value is -2.09. The van der Waals surface area contributed by atoms with E-state index in [1.165, 1.54) is 0 Å². The summed E-state index contributed by atoms with van der Waals surface area (Å²) in [5, 5.41) is 16.2. The third-order valence-corrected chi connectivity index (χ3v) is 3.56. The lowest BCUT2D eigenvalue weighted by atomic mass is 9.92. The van der Waals surface area contributed by atoms with Gasteiger partial charge in [-0.3, -0.25) is 15.4 Å². The number of hydrogen-bond acceptors (Lipinski definition) is 4. The number of urea groups is 1. The second-order valence-corrected chi connectivity index (χ2v) is 6.84. The molecule has 0 spiro atoms. The fourth-order valence-corrected chi connectivity index (χ4v) is 2.36. The zero-order valence-electron chi connectivity index (χ0n) is 14.4. The number of amides is 3. The molecule has 0 saturated carbocycles. The lowest BCUT2D eigenvalue weighted by molar-refractivity contribution is -0.125. The van der Waals surface area contributed by atoms with Gasteiger partial charge in [0, 0.05) is 30.5 Å². The van der Waals surface area contributed by atoms with Gasteiger partial charge in [0.1, 0.15) is 5.82 Å². The van der Waals surface area contributed by atoms with E-state index in [1.54, 1.807) is 4.68 Å². The summed E-state index contributed by atoms with van der Waals surface area (Å²) in [6.07, 6.45) is -0.0672. The molecule has 0 aromatic carbocycles. The Bertz CT molecular complexity index is 589. The molecule has 4 N–H and O–H groups in total. The third-order valence-electron chi connectivity index (χ3n) is 3.56. The first-order valence-electron chi connectivity index (χ1n) is 7.91. The smallest absolute Gasteiger partial charge is 0.320 e. The monoisotopic (exact) mass is 322 g/mol. The van der Waals surface area contributed by atoms with Gasteiger partial charge in [0.15, 0.2) is 6.29 Å². The van der Waals surface area contributed by atoms with Crippen molar-refractivity contribution in [3.63, 3.8) is 0 Å². The van der Waals surface area contributed by atoms with E-state index >= 15 is 0 Å². The molecule has 8 heteroatoms. The molecule has 0 aliphatic carbocycles. The summed E-state index contributed by atoms with van der Waals surface area (Å²) in [6, 6.07) is 1.57. The van der Waals surface area contributed by atoms with Gasteiger partial charge in [0.25, 0.3) is 0 Å². The molecule has 1 fully saturated rings.